The van der Waals surface area contributed by atoms with Crippen LogP contribution in [0.3, 0.4) is 0 Å². The molecule has 1 aromatic carbocycles. The van der Waals surface area contributed by atoms with Crippen LogP contribution in [0.15, 0.2) is 18.2 Å². The van der Waals surface area contributed by atoms with Gasteiger partial charge in [-0.2, -0.15) is 0 Å². The summed E-state index contributed by atoms with van der Waals surface area (Å²) >= 11 is 0. The van der Waals surface area contributed by atoms with Crippen molar-refractivity contribution in [3.63, 3.8) is 0 Å². The highest BCUT2D eigenvalue weighted by atomic mass is 19.1. The zero-order valence-electron chi connectivity index (χ0n) is 7.93. The van der Waals surface area contributed by atoms with E-state index in [4.69, 9.17) is 5.11 Å². The van der Waals surface area contributed by atoms with Gasteiger partial charge < -0.3 is 10.4 Å². The van der Waals surface area contributed by atoms with Crippen molar-refractivity contribution in [2.75, 3.05) is 6.54 Å². The number of rotatable bonds is 4. The number of aliphatic hydroxyl groups is 1. The van der Waals surface area contributed by atoms with E-state index in [0.29, 0.717) is 6.54 Å². The lowest BCUT2D eigenvalue weighted by Gasteiger charge is -2.07. The third kappa shape index (κ3) is 3.40. The monoisotopic (exact) mass is 201 g/mol. The van der Waals surface area contributed by atoms with Crippen molar-refractivity contribution in [3.8, 4) is 0 Å². The van der Waals surface area contributed by atoms with Crippen molar-refractivity contribution in [2.45, 2.75) is 19.6 Å². The summed E-state index contributed by atoms with van der Waals surface area (Å²) in [6, 6.07) is 3.31. The molecule has 78 valence electrons. The maximum Gasteiger partial charge on any atom is 0.127 e. The van der Waals surface area contributed by atoms with Crippen molar-refractivity contribution < 1.29 is 13.9 Å². The van der Waals surface area contributed by atoms with Gasteiger partial charge in [0.25, 0.3) is 0 Å². The van der Waals surface area contributed by atoms with E-state index >= 15 is 0 Å². The molecule has 0 radical (unpaired) electrons. The molecule has 0 fully saturated rings. The lowest BCUT2D eigenvalue weighted by molar-refractivity contribution is 0.191. The number of aliphatic hydroxyl groups excluding tert-OH is 1. The van der Waals surface area contributed by atoms with Crippen LogP contribution in [0.2, 0.25) is 0 Å². The predicted octanol–water partition coefficient (Wildman–Crippen LogP) is 1.44. The molecule has 0 aliphatic heterocycles. The zero-order chi connectivity index (χ0) is 10.6. The fraction of sp³-hybridized carbons (Fsp3) is 0.400. The molecule has 4 heteroatoms. The van der Waals surface area contributed by atoms with E-state index < -0.39 is 17.7 Å². The largest absolute Gasteiger partial charge is 0.392 e. The first-order valence-electron chi connectivity index (χ1n) is 4.42. The molecule has 2 N–H and O–H groups in total. The summed E-state index contributed by atoms with van der Waals surface area (Å²) in [7, 11) is 0. The van der Waals surface area contributed by atoms with E-state index in [1.807, 2.05) is 0 Å². The molecular formula is C10H13F2NO. The topological polar surface area (TPSA) is 32.3 Å². The predicted molar refractivity (Wildman–Crippen MR) is 49.7 cm³/mol. The average molecular weight is 201 g/mol. The second-order valence-corrected chi connectivity index (χ2v) is 3.22. The first kappa shape index (κ1) is 11.1. The number of halogens is 2. The third-order valence-electron chi connectivity index (χ3n) is 1.76. The van der Waals surface area contributed by atoms with Crippen LogP contribution >= 0.6 is 0 Å². The van der Waals surface area contributed by atoms with Crippen molar-refractivity contribution >= 4 is 0 Å². The highest BCUT2D eigenvalue weighted by Crippen LogP contribution is 2.08. The first-order valence-corrected chi connectivity index (χ1v) is 4.42. The van der Waals surface area contributed by atoms with Gasteiger partial charge in [0.05, 0.1) is 6.10 Å². The number of hydrogen-bond acceptors (Lipinski definition) is 2. The Morgan fingerprint density at radius 2 is 2.14 bits per heavy atom. The molecule has 0 saturated heterocycles. The summed E-state index contributed by atoms with van der Waals surface area (Å²) < 4.78 is 25.7. The van der Waals surface area contributed by atoms with Crippen LogP contribution in [0.1, 0.15) is 12.5 Å². The Morgan fingerprint density at radius 3 is 2.79 bits per heavy atom. The van der Waals surface area contributed by atoms with Gasteiger partial charge in [-0.25, -0.2) is 8.78 Å². The van der Waals surface area contributed by atoms with E-state index in [2.05, 4.69) is 5.32 Å². The minimum absolute atomic E-state index is 0.217. The Labute approximate surface area is 81.6 Å². The van der Waals surface area contributed by atoms with Gasteiger partial charge in [0, 0.05) is 18.7 Å². The Balaban J connectivity index is 2.53. The molecule has 0 spiro atoms. The molecule has 1 rings (SSSR count). The molecule has 0 aromatic heterocycles. The van der Waals surface area contributed by atoms with E-state index in [9.17, 15) is 8.78 Å². The molecule has 1 aromatic rings. The second kappa shape index (κ2) is 5.02. The highest BCUT2D eigenvalue weighted by Gasteiger charge is 2.03. The summed E-state index contributed by atoms with van der Waals surface area (Å²) in [5.74, 6) is -0.898. The molecule has 0 bridgehead atoms. The van der Waals surface area contributed by atoms with Gasteiger partial charge in [0.2, 0.25) is 0 Å². The Hall–Kier alpha value is -1.00. The van der Waals surface area contributed by atoms with E-state index in [1.165, 1.54) is 0 Å². The summed E-state index contributed by atoms with van der Waals surface area (Å²) in [6.45, 7) is 2.19. The maximum atomic E-state index is 13.0. The summed E-state index contributed by atoms with van der Waals surface area (Å²) in [5.41, 5.74) is 0.269. The summed E-state index contributed by atoms with van der Waals surface area (Å²) in [6.07, 6.45) is -0.494. The highest BCUT2D eigenvalue weighted by molar-refractivity contribution is 5.18. The first-order chi connectivity index (χ1) is 6.59. The lowest BCUT2D eigenvalue weighted by Crippen LogP contribution is -2.24. The number of benzene rings is 1. The van der Waals surface area contributed by atoms with Gasteiger partial charge in [-0.05, 0) is 25.1 Å². The van der Waals surface area contributed by atoms with Crippen LogP contribution in [-0.2, 0) is 6.54 Å². The summed E-state index contributed by atoms with van der Waals surface area (Å²) in [5, 5.41) is 11.7. The van der Waals surface area contributed by atoms with E-state index in [1.54, 1.807) is 6.92 Å². The third-order valence-corrected chi connectivity index (χ3v) is 1.76. The van der Waals surface area contributed by atoms with Crippen molar-refractivity contribution in [1.29, 1.82) is 0 Å². The van der Waals surface area contributed by atoms with Gasteiger partial charge in [-0.3, -0.25) is 0 Å². The lowest BCUT2D eigenvalue weighted by atomic mass is 10.2. The van der Waals surface area contributed by atoms with Crippen molar-refractivity contribution in [1.82, 2.24) is 5.32 Å². The van der Waals surface area contributed by atoms with Gasteiger partial charge in [-0.15, -0.1) is 0 Å². The quantitative estimate of drug-likeness (QED) is 0.772. The van der Waals surface area contributed by atoms with Gasteiger partial charge >= 0.3 is 0 Å². The minimum atomic E-state index is -0.494. The normalized spacial score (nSPS) is 12.9. The molecule has 0 aliphatic rings. The SMILES string of the molecule is CC(O)CNCc1cc(F)ccc1F. The van der Waals surface area contributed by atoms with Gasteiger partial charge in [0.1, 0.15) is 11.6 Å². The van der Waals surface area contributed by atoms with Crippen LogP contribution < -0.4 is 5.32 Å². The smallest absolute Gasteiger partial charge is 0.127 e. The molecule has 1 atom stereocenters. The fourth-order valence-corrected chi connectivity index (χ4v) is 1.09. The van der Waals surface area contributed by atoms with Crippen LogP contribution in [-0.4, -0.2) is 17.8 Å². The van der Waals surface area contributed by atoms with E-state index in [0.717, 1.165) is 18.2 Å². The Kier molecular flexibility index (Phi) is 3.98. The van der Waals surface area contributed by atoms with E-state index in [-0.39, 0.29) is 12.1 Å². The molecule has 1 unspecified atom stereocenters. The van der Waals surface area contributed by atoms with Crippen molar-refractivity contribution in [3.05, 3.63) is 35.4 Å². The van der Waals surface area contributed by atoms with Gasteiger partial charge in [-0.1, -0.05) is 0 Å². The van der Waals surface area contributed by atoms with Crippen molar-refractivity contribution in [2.24, 2.45) is 0 Å². The number of hydrogen-bond donors (Lipinski definition) is 2. The van der Waals surface area contributed by atoms with Gasteiger partial charge in [0.15, 0.2) is 0 Å². The molecule has 0 amide bonds. The molecule has 2 nitrogen and oxygen atoms in total. The minimum Gasteiger partial charge on any atom is -0.392 e. The second-order valence-electron chi connectivity index (χ2n) is 3.22. The van der Waals surface area contributed by atoms with Crippen LogP contribution in [0.5, 0.6) is 0 Å². The fourth-order valence-electron chi connectivity index (χ4n) is 1.09. The molecule has 0 aliphatic carbocycles. The Morgan fingerprint density at radius 1 is 1.43 bits per heavy atom. The molecule has 0 saturated carbocycles. The zero-order valence-corrected chi connectivity index (χ0v) is 7.93. The molecule has 14 heavy (non-hydrogen) atoms. The molecule has 0 heterocycles. The molecular weight excluding hydrogens is 188 g/mol. The standard InChI is InChI=1S/C10H13F2NO/c1-7(14)5-13-6-8-4-9(11)2-3-10(8)12/h2-4,7,13-14H,5-6H2,1H3. The Bertz CT molecular complexity index is 302. The van der Waals surface area contributed by atoms with Crippen LogP contribution in [0, 0.1) is 11.6 Å². The maximum absolute atomic E-state index is 13.0. The number of nitrogens with one attached hydrogen (secondary N) is 1. The summed E-state index contributed by atoms with van der Waals surface area (Å²) in [4.78, 5) is 0. The average Bonchev–Trinajstić information content (AvgIpc) is 2.10. The van der Waals surface area contributed by atoms with Crippen LogP contribution in [0.25, 0.3) is 0 Å². The van der Waals surface area contributed by atoms with Crippen LogP contribution in [0.4, 0.5) is 8.78 Å².